The summed E-state index contributed by atoms with van der Waals surface area (Å²) < 4.78 is 26.1. The van der Waals surface area contributed by atoms with Gasteiger partial charge in [0.2, 0.25) is 0 Å². The number of aliphatic hydroxyl groups is 2. The first-order chi connectivity index (χ1) is 7.92. The van der Waals surface area contributed by atoms with Crippen molar-refractivity contribution in [2.24, 2.45) is 11.3 Å². The lowest BCUT2D eigenvalue weighted by molar-refractivity contribution is -0.248. The Bertz CT molecular complexity index is 351. The first-order valence-corrected chi connectivity index (χ1v) is 6.49. The predicted octanol–water partition coefficient (Wildman–Crippen LogP) is 1.83. The topological polar surface area (TPSA) is 43.7 Å². The van der Waals surface area contributed by atoms with Crippen LogP contribution in [0.1, 0.15) is 40.5 Å². The third kappa shape index (κ3) is 1.87. The van der Waals surface area contributed by atoms with E-state index in [0.29, 0.717) is 6.54 Å². The Hall–Kier alpha value is -0.260. The highest BCUT2D eigenvalue weighted by atomic mass is 19.3. The van der Waals surface area contributed by atoms with Crippen LogP contribution in [-0.2, 0) is 0 Å². The third-order valence-electron chi connectivity index (χ3n) is 5.28. The van der Waals surface area contributed by atoms with Crippen molar-refractivity contribution in [2.45, 2.75) is 57.8 Å². The van der Waals surface area contributed by atoms with Crippen LogP contribution in [0, 0.1) is 11.3 Å². The molecule has 0 radical (unpaired) electrons. The zero-order valence-electron chi connectivity index (χ0n) is 11.5. The highest BCUT2D eigenvalue weighted by molar-refractivity contribution is 5.12. The highest BCUT2D eigenvalue weighted by Gasteiger charge is 2.64. The van der Waals surface area contributed by atoms with E-state index in [1.807, 2.05) is 18.7 Å². The average molecular weight is 263 g/mol. The minimum absolute atomic E-state index is 0.0758. The lowest BCUT2D eigenvalue weighted by Gasteiger charge is -2.50. The summed E-state index contributed by atoms with van der Waals surface area (Å²) >= 11 is 0. The molecule has 2 fully saturated rings. The minimum Gasteiger partial charge on any atom is -0.364 e. The van der Waals surface area contributed by atoms with Gasteiger partial charge in [0.25, 0.3) is 5.92 Å². The van der Waals surface area contributed by atoms with E-state index in [2.05, 4.69) is 0 Å². The van der Waals surface area contributed by atoms with Gasteiger partial charge in [-0.2, -0.15) is 0 Å². The Morgan fingerprint density at radius 3 is 2.17 bits per heavy atom. The number of rotatable bonds is 3. The number of alkyl halides is 2. The number of nitrogens with zero attached hydrogens (tertiary/aromatic N) is 1. The van der Waals surface area contributed by atoms with E-state index in [1.54, 1.807) is 6.92 Å². The van der Waals surface area contributed by atoms with E-state index in [1.165, 1.54) is 6.92 Å². The molecule has 2 rings (SSSR count). The summed E-state index contributed by atoms with van der Waals surface area (Å²) in [6.45, 7) is 7.90. The second-order valence-corrected chi connectivity index (χ2v) is 6.84. The molecule has 1 aliphatic carbocycles. The third-order valence-corrected chi connectivity index (χ3v) is 5.28. The normalized spacial score (nSPS) is 39.0. The largest absolute Gasteiger partial charge is 0.364 e. The number of likely N-dealkylation sites (tertiary alicyclic amines) is 1. The minimum atomic E-state index is -2.56. The summed E-state index contributed by atoms with van der Waals surface area (Å²) in [7, 11) is 0. The highest BCUT2D eigenvalue weighted by Crippen LogP contribution is 2.54. The Morgan fingerprint density at radius 2 is 1.78 bits per heavy atom. The summed E-state index contributed by atoms with van der Waals surface area (Å²) in [6.07, 6.45) is 0.700. The molecule has 1 unspecified atom stereocenters. The molecule has 18 heavy (non-hydrogen) atoms. The van der Waals surface area contributed by atoms with Gasteiger partial charge in [-0.1, -0.05) is 13.8 Å². The van der Waals surface area contributed by atoms with Crippen LogP contribution < -0.4 is 0 Å². The van der Waals surface area contributed by atoms with Crippen LogP contribution in [-0.4, -0.2) is 45.5 Å². The van der Waals surface area contributed by atoms with Gasteiger partial charge in [-0.25, -0.2) is 8.78 Å². The van der Waals surface area contributed by atoms with Gasteiger partial charge in [0.05, 0.1) is 5.54 Å². The van der Waals surface area contributed by atoms with E-state index >= 15 is 0 Å². The summed E-state index contributed by atoms with van der Waals surface area (Å²) in [4.78, 5) is 1.83. The molecule has 2 aliphatic rings. The van der Waals surface area contributed by atoms with Crippen molar-refractivity contribution >= 4 is 0 Å². The summed E-state index contributed by atoms with van der Waals surface area (Å²) in [5.74, 6) is -5.10. The lowest BCUT2D eigenvalue weighted by Crippen LogP contribution is -2.64. The molecule has 0 spiro atoms. The van der Waals surface area contributed by atoms with E-state index in [4.69, 9.17) is 0 Å². The van der Waals surface area contributed by atoms with E-state index in [9.17, 15) is 19.0 Å². The number of hydrogen-bond donors (Lipinski definition) is 2. The number of hydrogen-bond acceptors (Lipinski definition) is 3. The van der Waals surface area contributed by atoms with Gasteiger partial charge in [-0.05, 0) is 32.2 Å². The second kappa shape index (κ2) is 3.64. The summed E-state index contributed by atoms with van der Waals surface area (Å²) in [6, 6.07) is 0. The molecule has 0 aromatic heterocycles. The molecule has 1 heterocycles. The van der Waals surface area contributed by atoms with Crippen molar-refractivity contribution in [1.29, 1.82) is 0 Å². The van der Waals surface area contributed by atoms with Crippen molar-refractivity contribution in [2.75, 3.05) is 13.1 Å². The fourth-order valence-electron chi connectivity index (χ4n) is 3.26. The van der Waals surface area contributed by atoms with E-state index in [-0.39, 0.29) is 18.4 Å². The molecular weight excluding hydrogens is 240 g/mol. The maximum Gasteiger partial charge on any atom is 0.252 e. The van der Waals surface area contributed by atoms with Crippen molar-refractivity contribution in [3.63, 3.8) is 0 Å². The molecule has 0 aromatic carbocycles. The SMILES string of the molecule is CC(O)(O)[C@]1(C)N(CC2CC2(F)F)CCC1(C)C. The molecule has 1 saturated carbocycles. The van der Waals surface area contributed by atoms with Gasteiger partial charge in [0.15, 0.2) is 5.79 Å². The number of halogens is 2. The van der Waals surface area contributed by atoms with Gasteiger partial charge in [0, 0.05) is 18.9 Å². The van der Waals surface area contributed by atoms with Crippen LogP contribution in [0.5, 0.6) is 0 Å². The van der Waals surface area contributed by atoms with Crippen LogP contribution in [0.3, 0.4) is 0 Å². The van der Waals surface area contributed by atoms with Crippen molar-refractivity contribution in [1.82, 2.24) is 4.90 Å². The summed E-state index contributed by atoms with van der Waals surface area (Å²) in [5.41, 5.74) is -1.23. The fourth-order valence-corrected chi connectivity index (χ4v) is 3.26. The molecule has 106 valence electrons. The lowest BCUT2D eigenvalue weighted by atomic mass is 9.69. The van der Waals surface area contributed by atoms with Crippen LogP contribution in [0.4, 0.5) is 8.78 Å². The molecule has 0 amide bonds. The molecule has 0 bridgehead atoms. The molecule has 2 atom stereocenters. The van der Waals surface area contributed by atoms with Gasteiger partial charge in [-0.3, -0.25) is 4.90 Å². The Labute approximate surface area is 107 Å². The van der Waals surface area contributed by atoms with Crippen LogP contribution >= 0.6 is 0 Å². The molecular formula is C13H23F2NO2. The molecule has 1 saturated heterocycles. The molecule has 3 nitrogen and oxygen atoms in total. The molecule has 0 aromatic rings. The second-order valence-electron chi connectivity index (χ2n) is 6.84. The van der Waals surface area contributed by atoms with E-state index in [0.717, 1.165) is 6.42 Å². The molecule has 5 heteroatoms. The molecule has 1 aliphatic heterocycles. The Morgan fingerprint density at radius 1 is 1.28 bits per heavy atom. The van der Waals surface area contributed by atoms with Gasteiger partial charge < -0.3 is 10.2 Å². The maximum absolute atomic E-state index is 13.0. The fraction of sp³-hybridized carbons (Fsp3) is 1.00. The standard InChI is InChI=1S/C13H23F2NO2/c1-10(2)5-6-16(8-9-7-13(9,14)15)11(10,3)12(4,17)18/h9,17-18H,5-8H2,1-4H3/t9?,11-/m1/s1. The average Bonchev–Trinajstić information content (AvgIpc) is 2.69. The van der Waals surface area contributed by atoms with Gasteiger partial charge in [0.1, 0.15) is 0 Å². The molecule has 2 N–H and O–H groups in total. The summed E-state index contributed by atoms with van der Waals surface area (Å²) in [5, 5.41) is 20.1. The first-order valence-electron chi connectivity index (χ1n) is 6.49. The van der Waals surface area contributed by atoms with Crippen LogP contribution in [0.2, 0.25) is 0 Å². The predicted molar refractivity (Wildman–Crippen MR) is 64.3 cm³/mol. The quantitative estimate of drug-likeness (QED) is 0.764. The van der Waals surface area contributed by atoms with Crippen LogP contribution in [0.25, 0.3) is 0 Å². The zero-order valence-corrected chi connectivity index (χ0v) is 11.5. The smallest absolute Gasteiger partial charge is 0.252 e. The van der Waals surface area contributed by atoms with Crippen LogP contribution in [0.15, 0.2) is 0 Å². The monoisotopic (exact) mass is 263 g/mol. The van der Waals surface area contributed by atoms with Crippen molar-refractivity contribution < 1.29 is 19.0 Å². The maximum atomic E-state index is 13.0. The Kier molecular flexibility index (Phi) is 2.87. The van der Waals surface area contributed by atoms with Gasteiger partial charge in [-0.15, -0.1) is 0 Å². The Balaban J connectivity index is 2.21. The van der Waals surface area contributed by atoms with Crippen molar-refractivity contribution in [3.8, 4) is 0 Å². The van der Waals surface area contributed by atoms with E-state index < -0.39 is 23.2 Å². The van der Waals surface area contributed by atoms with Crippen molar-refractivity contribution in [3.05, 3.63) is 0 Å². The first kappa shape index (κ1) is 14.2. The van der Waals surface area contributed by atoms with Gasteiger partial charge >= 0.3 is 0 Å². The zero-order chi connectivity index (χ0) is 14.0.